The number of piperidine rings is 1. The molecule has 0 radical (unpaired) electrons. The van der Waals surface area contributed by atoms with E-state index >= 15 is 0 Å². The summed E-state index contributed by atoms with van der Waals surface area (Å²) < 4.78 is 0. The molecule has 0 bridgehead atoms. The van der Waals surface area contributed by atoms with Crippen LogP contribution in [-0.2, 0) is 11.2 Å². The van der Waals surface area contributed by atoms with Crippen LogP contribution in [0.2, 0.25) is 5.02 Å². The van der Waals surface area contributed by atoms with Gasteiger partial charge in [-0.1, -0.05) is 11.6 Å². The van der Waals surface area contributed by atoms with Gasteiger partial charge in [-0.25, -0.2) is 0 Å². The van der Waals surface area contributed by atoms with Gasteiger partial charge in [-0.05, 0) is 36.6 Å². The number of fused-ring (bicyclic) bond motifs is 1. The maximum Gasteiger partial charge on any atom is 0.220 e. The van der Waals surface area contributed by atoms with Gasteiger partial charge in [0.05, 0.1) is 0 Å². The maximum absolute atomic E-state index is 11.2. The Labute approximate surface area is 169 Å². The SMILES string of the molecule is CN=C(NCCc1c[nH]c2ccc(Cl)cc12)NC1CCC(=O)NC1.I. The largest absolute Gasteiger partial charge is 0.361 e. The summed E-state index contributed by atoms with van der Waals surface area (Å²) in [6.45, 7) is 1.40. The van der Waals surface area contributed by atoms with Crippen molar-refractivity contribution in [3.05, 3.63) is 35.0 Å². The third-order valence-electron chi connectivity index (χ3n) is 4.25. The first kappa shape index (κ1) is 19.8. The summed E-state index contributed by atoms with van der Waals surface area (Å²) in [7, 11) is 1.75. The van der Waals surface area contributed by atoms with Crippen LogP contribution in [0, 0.1) is 0 Å². The predicted molar refractivity (Wildman–Crippen MR) is 113 cm³/mol. The average molecular weight is 476 g/mol. The lowest BCUT2D eigenvalue weighted by molar-refractivity contribution is -0.122. The molecule has 1 amide bonds. The van der Waals surface area contributed by atoms with E-state index in [1.54, 1.807) is 7.05 Å². The van der Waals surface area contributed by atoms with E-state index in [9.17, 15) is 4.79 Å². The van der Waals surface area contributed by atoms with Crippen LogP contribution in [0.25, 0.3) is 10.9 Å². The van der Waals surface area contributed by atoms with Crippen molar-refractivity contribution in [1.29, 1.82) is 0 Å². The Hall–Kier alpha value is -1.48. The number of nitrogens with one attached hydrogen (secondary N) is 4. The van der Waals surface area contributed by atoms with E-state index in [0.29, 0.717) is 13.0 Å². The van der Waals surface area contributed by atoms with Crippen LogP contribution in [0.4, 0.5) is 0 Å². The standard InChI is InChI=1S/C17H22ClN5O.HI/c1-19-17(23-13-3-5-16(24)22-10-13)20-7-6-11-9-21-15-4-2-12(18)8-14(11)15;/h2,4,8-9,13,21H,3,5-7,10H2,1H3,(H,22,24)(H2,19,20,23);1H. The smallest absolute Gasteiger partial charge is 0.220 e. The van der Waals surface area contributed by atoms with Crippen molar-refractivity contribution >= 4 is 58.3 Å². The number of carbonyl (C=O) groups is 1. The molecule has 8 heteroatoms. The molecule has 3 rings (SSSR count). The van der Waals surface area contributed by atoms with E-state index in [-0.39, 0.29) is 35.9 Å². The van der Waals surface area contributed by atoms with Gasteiger partial charge in [0.25, 0.3) is 0 Å². The number of amides is 1. The van der Waals surface area contributed by atoms with Crippen LogP contribution < -0.4 is 16.0 Å². The van der Waals surface area contributed by atoms with E-state index in [1.165, 1.54) is 5.56 Å². The summed E-state index contributed by atoms with van der Waals surface area (Å²) in [6, 6.07) is 6.09. The monoisotopic (exact) mass is 475 g/mol. The van der Waals surface area contributed by atoms with Gasteiger partial charge < -0.3 is 20.9 Å². The Balaban J connectivity index is 0.00000225. The zero-order valence-corrected chi connectivity index (χ0v) is 17.2. The molecule has 0 spiro atoms. The van der Waals surface area contributed by atoms with Gasteiger partial charge >= 0.3 is 0 Å². The van der Waals surface area contributed by atoms with Crippen molar-refractivity contribution in [2.75, 3.05) is 20.1 Å². The lowest BCUT2D eigenvalue weighted by atomic mass is 10.1. The van der Waals surface area contributed by atoms with Crippen molar-refractivity contribution in [2.24, 2.45) is 4.99 Å². The second-order valence-electron chi connectivity index (χ2n) is 5.94. The van der Waals surface area contributed by atoms with Gasteiger partial charge in [0.15, 0.2) is 5.96 Å². The van der Waals surface area contributed by atoms with E-state index in [1.807, 2.05) is 24.4 Å². The zero-order valence-electron chi connectivity index (χ0n) is 14.1. The van der Waals surface area contributed by atoms with Gasteiger partial charge in [-0.2, -0.15) is 0 Å². The molecule has 6 nitrogen and oxygen atoms in total. The lowest BCUT2D eigenvalue weighted by Gasteiger charge is -2.25. The Kier molecular flexibility index (Phi) is 7.37. The molecule has 1 unspecified atom stereocenters. The van der Waals surface area contributed by atoms with Crippen LogP contribution in [0.3, 0.4) is 0 Å². The van der Waals surface area contributed by atoms with Crippen molar-refractivity contribution in [3.8, 4) is 0 Å². The lowest BCUT2D eigenvalue weighted by Crippen LogP contribution is -2.51. The molecule has 25 heavy (non-hydrogen) atoms. The van der Waals surface area contributed by atoms with Crippen molar-refractivity contribution in [2.45, 2.75) is 25.3 Å². The van der Waals surface area contributed by atoms with Crippen LogP contribution in [0.1, 0.15) is 18.4 Å². The highest BCUT2D eigenvalue weighted by Gasteiger charge is 2.18. The summed E-state index contributed by atoms with van der Waals surface area (Å²) in [6.07, 6.45) is 4.27. The van der Waals surface area contributed by atoms with E-state index in [4.69, 9.17) is 11.6 Å². The summed E-state index contributed by atoms with van der Waals surface area (Å²) in [5.74, 6) is 0.878. The quantitative estimate of drug-likeness (QED) is 0.311. The topological polar surface area (TPSA) is 81.3 Å². The summed E-state index contributed by atoms with van der Waals surface area (Å²) >= 11 is 6.08. The normalized spacial score (nSPS) is 17.8. The predicted octanol–water partition coefficient (Wildman–Crippen LogP) is 2.43. The molecule has 1 aliphatic rings. The molecular weight excluding hydrogens is 453 g/mol. The number of aromatic amines is 1. The van der Waals surface area contributed by atoms with Crippen LogP contribution in [0.15, 0.2) is 29.4 Å². The fraction of sp³-hybridized carbons (Fsp3) is 0.412. The second kappa shape index (κ2) is 9.28. The molecule has 1 saturated heterocycles. The second-order valence-corrected chi connectivity index (χ2v) is 6.37. The van der Waals surface area contributed by atoms with E-state index < -0.39 is 0 Å². The molecule has 2 heterocycles. The molecule has 1 atom stereocenters. The molecular formula is C17H23ClIN5O. The molecule has 0 aliphatic carbocycles. The Morgan fingerprint density at radius 2 is 2.28 bits per heavy atom. The zero-order chi connectivity index (χ0) is 16.9. The Bertz CT molecular complexity index is 751. The Morgan fingerprint density at radius 1 is 1.44 bits per heavy atom. The fourth-order valence-electron chi connectivity index (χ4n) is 2.92. The highest BCUT2D eigenvalue weighted by molar-refractivity contribution is 14.0. The number of guanidine groups is 1. The van der Waals surface area contributed by atoms with Gasteiger partial charge in [0.2, 0.25) is 5.91 Å². The molecule has 4 N–H and O–H groups in total. The van der Waals surface area contributed by atoms with Crippen molar-refractivity contribution in [3.63, 3.8) is 0 Å². The average Bonchev–Trinajstić information content (AvgIpc) is 2.98. The Morgan fingerprint density at radius 3 is 3.00 bits per heavy atom. The molecule has 2 aromatic rings. The first-order chi connectivity index (χ1) is 11.7. The van der Waals surface area contributed by atoms with E-state index in [0.717, 1.165) is 41.3 Å². The van der Waals surface area contributed by atoms with Gasteiger partial charge in [-0.3, -0.25) is 9.79 Å². The van der Waals surface area contributed by atoms with Crippen LogP contribution in [-0.4, -0.2) is 43.0 Å². The minimum absolute atomic E-state index is 0. The number of aromatic nitrogens is 1. The molecule has 1 aliphatic heterocycles. The third-order valence-corrected chi connectivity index (χ3v) is 4.48. The van der Waals surface area contributed by atoms with Crippen LogP contribution >= 0.6 is 35.6 Å². The van der Waals surface area contributed by atoms with E-state index in [2.05, 4.69) is 25.9 Å². The van der Waals surface area contributed by atoms with Gasteiger partial charge in [0.1, 0.15) is 0 Å². The number of benzene rings is 1. The maximum atomic E-state index is 11.2. The highest BCUT2D eigenvalue weighted by Crippen LogP contribution is 2.22. The number of carbonyl (C=O) groups excluding carboxylic acids is 1. The first-order valence-electron chi connectivity index (χ1n) is 8.15. The molecule has 1 aromatic heterocycles. The highest BCUT2D eigenvalue weighted by atomic mass is 127. The minimum Gasteiger partial charge on any atom is -0.361 e. The molecule has 0 saturated carbocycles. The summed E-state index contributed by atoms with van der Waals surface area (Å²) in [5, 5.41) is 11.4. The number of H-pyrrole nitrogens is 1. The minimum atomic E-state index is 0. The van der Waals surface area contributed by atoms with Crippen LogP contribution in [0.5, 0.6) is 0 Å². The number of hydrogen-bond acceptors (Lipinski definition) is 2. The van der Waals surface area contributed by atoms with Crippen molar-refractivity contribution in [1.82, 2.24) is 20.9 Å². The number of nitrogens with zero attached hydrogens (tertiary/aromatic N) is 1. The van der Waals surface area contributed by atoms with Crippen molar-refractivity contribution < 1.29 is 4.79 Å². The summed E-state index contributed by atoms with van der Waals surface area (Å²) in [4.78, 5) is 18.7. The fourth-order valence-corrected chi connectivity index (χ4v) is 3.09. The summed E-state index contributed by atoms with van der Waals surface area (Å²) in [5.41, 5.74) is 2.32. The number of rotatable bonds is 4. The number of aliphatic imine (C=N–C) groups is 1. The van der Waals surface area contributed by atoms with Gasteiger partial charge in [0, 0.05) is 54.7 Å². The third kappa shape index (κ3) is 5.24. The number of hydrogen-bond donors (Lipinski definition) is 4. The number of halogens is 2. The molecule has 136 valence electrons. The van der Waals surface area contributed by atoms with Gasteiger partial charge in [-0.15, -0.1) is 24.0 Å². The molecule has 1 aromatic carbocycles. The molecule has 1 fully saturated rings. The first-order valence-corrected chi connectivity index (χ1v) is 8.53.